The van der Waals surface area contributed by atoms with Gasteiger partial charge in [-0.1, -0.05) is 0 Å². The second kappa shape index (κ2) is 7.55. The van der Waals surface area contributed by atoms with E-state index in [0.29, 0.717) is 35.4 Å². The molecule has 0 radical (unpaired) electrons. The number of hydrogen-bond acceptors (Lipinski definition) is 7. The maximum atomic E-state index is 13.6. The van der Waals surface area contributed by atoms with E-state index < -0.39 is 0 Å². The molecule has 11 nitrogen and oxygen atoms in total. The summed E-state index contributed by atoms with van der Waals surface area (Å²) >= 11 is 0. The van der Waals surface area contributed by atoms with Crippen LogP contribution < -0.4 is 10.5 Å². The van der Waals surface area contributed by atoms with Crippen LogP contribution in [-0.4, -0.2) is 65.3 Å². The number of amides is 1. The number of aromatic nitrogens is 6. The molecule has 6 heterocycles. The van der Waals surface area contributed by atoms with E-state index in [0.717, 1.165) is 18.7 Å². The lowest BCUT2D eigenvalue weighted by Crippen LogP contribution is -2.56. The SMILES string of the molecule is Cc1c(C(=O)N2C3CCC2CN(c2ccc(C#N)cn2)C3)cnn1-c1nn2cccc2c(=O)[nH]1. The Morgan fingerprint density at radius 1 is 1.18 bits per heavy atom. The number of nitrogens with zero attached hydrogens (tertiary/aromatic N) is 8. The smallest absolute Gasteiger partial charge is 0.276 e. The van der Waals surface area contributed by atoms with Crippen LogP contribution in [0.2, 0.25) is 0 Å². The highest BCUT2D eigenvalue weighted by molar-refractivity contribution is 5.96. The van der Waals surface area contributed by atoms with Gasteiger partial charge in [-0.2, -0.15) is 10.4 Å². The summed E-state index contributed by atoms with van der Waals surface area (Å²) in [7, 11) is 0. The van der Waals surface area contributed by atoms with Crippen molar-refractivity contribution in [1.82, 2.24) is 34.3 Å². The molecule has 34 heavy (non-hydrogen) atoms. The molecule has 0 saturated carbocycles. The monoisotopic (exact) mass is 455 g/mol. The minimum atomic E-state index is -0.275. The van der Waals surface area contributed by atoms with E-state index in [4.69, 9.17) is 5.26 Å². The number of anilines is 1. The number of carbonyl (C=O) groups is 1. The molecule has 170 valence electrons. The Morgan fingerprint density at radius 3 is 2.68 bits per heavy atom. The van der Waals surface area contributed by atoms with Crippen molar-refractivity contribution in [2.75, 3.05) is 18.0 Å². The zero-order valence-electron chi connectivity index (χ0n) is 18.4. The van der Waals surface area contributed by atoms with E-state index in [2.05, 4.69) is 31.1 Å². The summed E-state index contributed by atoms with van der Waals surface area (Å²) in [6.45, 7) is 3.18. The molecular weight excluding hydrogens is 434 g/mol. The Labute approximate surface area is 193 Å². The number of rotatable bonds is 3. The van der Waals surface area contributed by atoms with E-state index in [-0.39, 0.29) is 29.5 Å². The molecule has 1 N–H and O–H groups in total. The van der Waals surface area contributed by atoms with Crippen molar-refractivity contribution in [3.05, 3.63) is 70.0 Å². The first-order valence-corrected chi connectivity index (χ1v) is 11.1. The van der Waals surface area contributed by atoms with Crippen molar-refractivity contribution in [2.45, 2.75) is 31.8 Å². The lowest BCUT2D eigenvalue weighted by molar-refractivity contribution is 0.0640. The fourth-order valence-corrected chi connectivity index (χ4v) is 5.06. The van der Waals surface area contributed by atoms with Crippen LogP contribution >= 0.6 is 0 Å². The molecule has 0 aromatic carbocycles. The first kappa shape index (κ1) is 20.2. The Hall–Kier alpha value is -4.46. The average molecular weight is 455 g/mol. The second-order valence-corrected chi connectivity index (χ2v) is 8.69. The third-order valence-electron chi connectivity index (χ3n) is 6.75. The Bertz CT molecular complexity index is 1490. The summed E-state index contributed by atoms with van der Waals surface area (Å²) in [6, 6.07) is 9.29. The summed E-state index contributed by atoms with van der Waals surface area (Å²) in [4.78, 5) is 37.3. The molecule has 2 atom stereocenters. The van der Waals surface area contributed by atoms with Crippen LogP contribution in [0.4, 0.5) is 5.82 Å². The molecule has 0 aliphatic carbocycles. The number of nitrogens with one attached hydrogen (secondary N) is 1. The van der Waals surface area contributed by atoms with Crippen LogP contribution in [0.25, 0.3) is 11.5 Å². The number of fused-ring (bicyclic) bond motifs is 3. The lowest BCUT2D eigenvalue weighted by atomic mass is 10.1. The molecule has 4 aromatic rings. The molecule has 2 saturated heterocycles. The van der Waals surface area contributed by atoms with Gasteiger partial charge >= 0.3 is 0 Å². The van der Waals surface area contributed by atoms with Crippen LogP contribution in [0.5, 0.6) is 0 Å². The van der Waals surface area contributed by atoms with Crippen LogP contribution in [0.1, 0.15) is 34.5 Å². The van der Waals surface area contributed by atoms with Gasteiger partial charge in [-0.05, 0) is 44.0 Å². The zero-order chi connectivity index (χ0) is 23.4. The molecule has 11 heteroatoms. The van der Waals surface area contributed by atoms with Gasteiger partial charge in [-0.15, -0.1) is 5.10 Å². The standard InChI is InChI=1S/C23H21N9O2/c1-14-18(11-26-32(14)23-27-21(33)19-3-2-8-30(19)28-23)22(34)31-16-5-6-17(31)13-29(12-16)20-7-4-15(9-24)10-25-20/h2-4,7-8,10-11,16-17H,5-6,12-13H2,1H3,(H,27,28,33). The summed E-state index contributed by atoms with van der Waals surface area (Å²) in [5.41, 5.74) is 1.81. The number of hydrogen-bond donors (Lipinski definition) is 1. The third-order valence-corrected chi connectivity index (χ3v) is 6.75. The van der Waals surface area contributed by atoms with Crippen LogP contribution in [0.15, 0.2) is 47.7 Å². The van der Waals surface area contributed by atoms with E-state index in [9.17, 15) is 9.59 Å². The topological polar surface area (TPSA) is 128 Å². The van der Waals surface area contributed by atoms with Gasteiger partial charge in [0.05, 0.1) is 35.1 Å². The average Bonchev–Trinajstić information content (AvgIpc) is 3.54. The van der Waals surface area contributed by atoms with Crippen molar-refractivity contribution in [2.24, 2.45) is 0 Å². The predicted molar refractivity (Wildman–Crippen MR) is 122 cm³/mol. The fraction of sp³-hybridized carbons (Fsp3) is 0.304. The van der Waals surface area contributed by atoms with Gasteiger partial charge in [0.2, 0.25) is 5.95 Å². The van der Waals surface area contributed by atoms with E-state index in [1.54, 1.807) is 43.7 Å². The largest absolute Gasteiger partial charge is 0.352 e. The first-order chi connectivity index (χ1) is 16.5. The molecule has 2 aliphatic heterocycles. The van der Waals surface area contributed by atoms with Crippen molar-refractivity contribution >= 4 is 17.2 Å². The fourth-order valence-electron chi connectivity index (χ4n) is 5.06. The van der Waals surface area contributed by atoms with Crippen molar-refractivity contribution in [3.8, 4) is 12.0 Å². The Kier molecular flexibility index (Phi) is 4.48. The Balaban J connectivity index is 1.26. The molecule has 2 bridgehead atoms. The van der Waals surface area contributed by atoms with Gasteiger partial charge in [0.1, 0.15) is 17.4 Å². The molecular formula is C23H21N9O2. The van der Waals surface area contributed by atoms with Gasteiger partial charge in [0, 0.05) is 25.5 Å². The molecule has 6 rings (SSSR count). The number of H-pyrrole nitrogens is 1. The van der Waals surface area contributed by atoms with E-state index in [1.807, 2.05) is 11.0 Å². The van der Waals surface area contributed by atoms with Crippen LogP contribution in [-0.2, 0) is 0 Å². The van der Waals surface area contributed by atoms with Crippen molar-refractivity contribution in [1.29, 1.82) is 5.26 Å². The molecule has 2 fully saturated rings. The van der Waals surface area contributed by atoms with Gasteiger partial charge in [-0.3, -0.25) is 14.6 Å². The number of piperazine rings is 1. The number of aromatic amines is 1. The summed E-state index contributed by atoms with van der Waals surface area (Å²) in [5, 5.41) is 17.8. The number of pyridine rings is 1. The van der Waals surface area contributed by atoms with Crippen molar-refractivity contribution in [3.63, 3.8) is 0 Å². The summed E-state index contributed by atoms with van der Waals surface area (Å²) in [5.74, 6) is 1.01. The molecule has 2 unspecified atom stereocenters. The first-order valence-electron chi connectivity index (χ1n) is 11.1. The second-order valence-electron chi connectivity index (χ2n) is 8.69. The summed E-state index contributed by atoms with van der Waals surface area (Å²) in [6.07, 6.45) is 6.67. The highest BCUT2D eigenvalue weighted by atomic mass is 16.2. The van der Waals surface area contributed by atoms with Crippen LogP contribution in [0, 0.1) is 18.3 Å². The van der Waals surface area contributed by atoms with Gasteiger partial charge in [-0.25, -0.2) is 14.2 Å². The molecule has 4 aromatic heterocycles. The highest BCUT2D eigenvalue weighted by Crippen LogP contribution is 2.33. The predicted octanol–water partition coefficient (Wildman–Crippen LogP) is 1.28. The lowest BCUT2D eigenvalue weighted by Gasteiger charge is -2.41. The zero-order valence-corrected chi connectivity index (χ0v) is 18.4. The van der Waals surface area contributed by atoms with Crippen molar-refractivity contribution < 1.29 is 4.79 Å². The number of nitriles is 1. The van der Waals surface area contributed by atoms with E-state index in [1.165, 1.54) is 9.20 Å². The summed E-state index contributed by atoms with van der Waals surface area (Å²) < 4.78 is 2.99. The minimum absolute atomic E-state index is 0.0620. The molecule has 1 amide bonds. The maximum absolute atomic E-state index is 13.6. The molecule has 0 spiro atoms. The number of carbonyl (C=O) groups excluding carboxylic acids is 1. The van der Waals surface area contributed by atoms with E-state index >= 15 is 0 Å². The Morgan fingerprint density at radius 2 is 1.97 bits per heavy atom. The van der Waals surface area contributed by atoms with Gasteiger partial charge < -0.3 is 9.80 Å². The quantitative estimate of drug-likeness (QED) is 0.493. The molecule has 2 aliphatic rings. The van der Waals surface area contributed by atoms with Gasteiger partial charge in [0.15, 0.2) is 0 Å². The third kappa shape index (κ3) is 3.07. The van der Waals surface area contributed by atoms with Gasteiger partial charge in [0.25, 0.3) is 11.5 Å². The minimum Gasteiger partial charge on any atom is -0.352 e. The normalized spacial score (nSPS) is 19.5. The maximum Gasteiger partial charge on any atom is 0.276 e. The highest BCUT2D eigenvalue weighted by Gasteiger charge is 2.43. The van der Waals surface area contributed by atoms with Crippen LogP contribution in [0.3, 0.4) is 0 Å².